The molecule has 37 heavy (non-hydrogen) atoms. The van der Waals surface area contributed by atoms with Gasteiger partial charge in [0, 0.05) is 13.2 Å². The Morgan fingerprint density at radius 1 is 0.514 bits per heavy atom. The fourth-order valence-electron chi connectivity index (χ4n) is 2.64. The SMILES string of the molecule is CCCCCOCCOCCOCCOCCOCCOCCOCCOCCNC(=O)OC(C)(C)C. The number of alkyl carbamates (subject to hydrolysis) is 1. The number of rotatable bonds is 28. The van der Waals surface area contributed by atoms with Gasteiger partial charge in [-0.15, -0.1) is 0 Å². The maximum absolute atomic E-state index is 11.5. The molecular weight excluding hydrogens is 486 g/mol. The molecule has 0 bridgehead atoms. The van der Waals surface area contributed by atoms with E-state index in [2.05, 4.69) is 12.2 Å². The normalized spacial score (nSPS) is 11.7. The minimum Gasteiger partial charge on any atom is -0.444 e. The second kappa shape index (κ2) is 28.0. The summed E-state index contributed by atoms with van der Waals surface area (Å²) in [7, 11) is 0. The fraction of sp³-hybridized carbons (Fsp3) is 0.962. The van der Waals surface area contributed by atoms with Crippen molar-refractivity contribution in [1.29, 1.82) is 0 Å². The van der Waals surface area contributed by atoms with Crippen molar-refractivity contribution in [1.82, 2.24) is 5.32 Å². The number of ether oxygens (including phenoxy) is 9. The third kappa shape index (κ3) is 32.9. The summed E-state index contributed by atoms with van der Waals surface area (Å²) in [6.07, 6.45) is 3.09. The molecule has 0 spiro atoms. The lowest BCUT2D eigenvalue weighted by Gasteiger charge is -2.19. The Morgan fingerprint density at radius 3 is 1.16 bits per heavy atom. The number of hydrogen-bond acceptors (Lipinski definition) is 10. The summed E-state index contributed by atoms with van der Waals surface area (Å²) >= 11 is 0. The maximum Gasteiger partial charge on any atom is 0.407 e. The molecule has 0 aliphatic carbocycles. The Bertz CT molecular complexity index is 477. The van der Waals surface area contributed by atoms with E-state index in [1.807, 2.05) is 20.8 Å². The summed E-state index contributed by atoms with van der Waals surface area (Å²) in [6, 6.07) is 0. The van der Waals surface area contributed by atoms with E-state index < -0.39 is 11.7 Å². The molecule has 11 nitrogen and oxygen atoms in total. The van der Waals surface area contributed by atoms with Crippen LogP contribution < -0.4 is 5.32 Å². The maximum atomic E-state index is 11.5. The summed E-state index contributed by atoms with van der Waals surface area (Å²) in [4.78, 5) is 11.5. The molecule has 0 aromatic carbocycles. The van der Waals surface area contributed by atoms with E-state index in [4.69, 9.17) is 42.6 Å². The summed E-state index contributed by atoms with van der Waals surface area (Å²) in [5, 5.41) is 2.63. The minimum absolute atomic E-state index is 0.391. The third-order valence-electron chi connectivity index (χ3n) is 4.41. The van der Waals surface area contributed by atoms with Gasteiger partial charge in [-0.05, 0) is 27.2 Å². The molecule has 0 atom stereocenters. The number of carbonyl (C=O) groups is 1. The molecule has 222 valence electrons. The molecule has 0 unspecified atom stereocenters. The first kappa shape index (κ1) is 35.9. The van der Waals surface area contributed by atoms with Gasteiger partial charge in [-0.1, -0.05) is 19.8 Å². The number of unbranched alkanes of at least 4 members (excludes halogenated alkanes) is 2. The van der Waals surface area contributed by atoms with Crippen molar-refractivity contribution >= 4 is 6.09 Å². The van der Waals surface area contributed by atoms with Crippen LogP contribution in [0.4, 0.5) is 4.79 Å². The molecule has 0 saturated heterocycles. The summed E-state index contributed by atoms with van der Waals surface area (Å²) in [5.41, 5.74) is -0.503. The molecule has 0 radical (unpaired) electrons. The molecule has 0 aliphatic heterocycles. The zero-order valence-electron chi connectivity index (χ0n) is 23.7. The number of amides is 1. The van der Waals surface area contributed by atoms with Gasteiger partial charge >= 0.3 is 6.09 Å². The van der Waals surface area contributed by atoms with E-state index in [-0.39, 0.29) is 0 Å². The number of nitrogens with one attached hydrogen (secondary N) is 1. The predicted octanol–water partition coefficient (Wildman–Crippen LogP) is 2.83. The van der Waals surface area contributed by atoms with Crippen LogP contribution in [0.2, 0.25) is 0 Å². The quantitative estimate of drug-likeness (QED) is 0.149. The Morgan fingerprint density at radius 2 is 0.838 bits per heavy atom. The van der Waals surface area contributed by atoms with Gasteiger partial charge in [0.1, 0.15) is 5.60 Å². The van der Waals surface area contributed by atoms with Crippen molar-refractivity contribution in [3.8, 4) is 0 Å². The molecule has 0 saturated carbocycles. The zero-order chi connectivity index (χ0) is 27.3. The van der Waals surface area contributed by atoms with Crippen molar-refractivity contribution in [3.05, 3.63) is 0 Å². The van der Waals surface area contributed by atoms with Crippen molar-refractivity contribution in [2.75, 3.05) is 112 Å². The van der Waals surface area contributed by atoms with Crippen LogP contribution in [0.3, 0.4) is 0 Å². The molecule has 1 N–H and O–H groups in total. The lowest BCUT2D eigenvalue weighted by Crippen LogP contribution is -2.34. The van der Waals surface area contributed by atoms with Crippen LogP contribution in [0.5, 0.6) is 0 Å². The third-order valence-corrected chi connectivity index (χ3v) is 4.41. The Balaban J connectivity index is 3.09. The molecule has 0 fully saturated rings. The average Bonchev–Trinajstić information content (AvgIpc) is 2.84. The molecule has 0 aliphatic rings. The van der Waals surface area contributed by atoms with Crippen molar-refractivity contribution < 1.29 is 47.4 Å². The smallest absolute Gasteiger partial charge is 0.407 e. The lowest BCUT2D eigenvalue weighted by atomic mass is 10.2. The topological polar surface area (TPSA) is 112 Å². The molecule has 0 rings (SSSR count). The average molecular weight is 540 g/mol. The van der Waals surface area contributed by atoms with Gasteiger partial charge in [-0.3, -0.25) is 0 Å². The van der Waals surface area contributed by atoms with Crippen molar-refractivity contribution in [3.63, 3.8) is 0 Å². The largest absolute Gasteiger partial charge is 0.444 e. The molecule has 0 heterocycles. The molecule has 0 aromatic rings. The van der Waals surface area contributed by atoms with Gasteiger partial charge in [-0.25, -0.2) is 4.79 Å². The highest BCUT2D eigenvalue weighted by molar-refractivity contribution is 5.67. The van der Waals surface area contributed by atoms with E-state index in [0.29, 0.717) is 106 Å². The Hall–Kier alpha value is -1.05. The monoisotopic (exact) mass is 539 g/mol. The van der Waals surface area contributed by atoms with Crippen molar-refractivity contribution in [2.45, 2.75) is 52.6 Å². The van der Waals surface area contributed by atoms with Crippen LogP contribution in [0.1, 0.15) is 47.0 Å². The van der Waals surface area contributed by atoms with Crippen LogP contribution in [0.25, 0.3) is 0 Å². The van der Waals surface area contributed by atoms with E-state index >= 15 is 0 Å². The first-order valence-corrected chi connectivity index (χ1v) is 13.5. The summed E-state index contributed by atoms with van der Waals surface area (Å²) < 4.78 is 48.6. The highest BCUT2D eigenvalue weighted by Crippen LogP contribution is 2.06. The molecule has 0 aromatic heterocycles. The van der Waals surface area contributed by atoms with Crippen LogP contribution >= 0.6 is 0 Å². The predicted molar refractivity (Wildman–Crippen MR) is 140 cm³/mol. The fourth-order valence-corrected chi connectivity index (χ4v) is 2.64. The Labute approximate surface area is 224 Å². The molecular formula is C26H53NO10. The second-order valence-electron chi connectivity index (χ2n) is 9.03. The van der Waals surface area contributed by atoms with Crippen molar-refractivity contribution in [2.24, 2.45) is 0 Å². The lowest BCUT2D eigenvalue weighted by molar-refractivity contribution is -0.0231. The summed E-state index contributed by atoms with van der Waals surface area (Å²) in [5.74, 6) is 0. The minimum atomic E-state index is -0.503. The van der Waals surface area contributed by atoms with E-state index in [9.17, 15) is 4.79 Å². The van der Waals surface area contributed by atoms with E-state index in [0.717, 1.165) is 13.0 Å². The number of hydrogen-bond donors (Lipinski definition) is 1. The number of carbonyl (C=O) groups excluding carboxylic acids is 1. The highest BCUT2D eigenvalue weighted by atomic mass is 16.6. The van der Waals surface area contributed by atoms with Gasteiger partial charge < -0.3 is 47.9 Å². The van der Waals surface area contributed by atoms with Gasteiger partial charge in [0.05, 0.1) is 99.1 Å². The van der Waals surface area contributed by atoms with Crippen LogP contribution in [-0.2, 0) is 42.6 Å². The van der Waals surface area contributed by atoms with Crippen LogP contribution in [0, 0.1) is 0 Å². The van der Waals surface area contributed by atoms with Gasteiger partial charge in [0.2, 0.25) is 0 Å². The molecule has 11 heteroatoms. The van der Waals surface area contributed by atoms with Crippen LogP contribution in [-0.4, -0.2) is 124 Å². The van der Waals surface area contributed by atoms with Gasteiger partial charge in [0.25, 0.3) is 0 Å². The van der Waals surface area contributed by atoms with Gasteiger partial charge in [0.15, 0.2) is 0 Å². The van der Waals surface area contributed by atoms with E-state index in [1.54, 1.807) is 0 Å². The van der Waals surface area contributed by atoms with Gasteiger partial charge in [-0.2, -0.15) is 0 Å². The Kier molecular flexibility index (Phi) is 27.2. The zero-order valence-corrected chi connectivity index (χ0v) is 23.7. The second-order valence-corrected chi connectivity index (χ2v) is 9.03. The first-order valence-electron chi connectivity index (χ1n) is 13.5. The first-order chi connectivity index (χ1) is 18.0. The standard InChI is InChI=1S/C26H53NO10/c1-5-6-7-9-29-11-13-31-15-17-33-19-21-35-23-24-36-22-20-34-18-16-32-14-12-30-10-8-27-25(28)37-26(2,3)4/h5-24H2,1-4H3,(H,27,28). The van der Waals surface area contributed by atoms with Crippen LogP contribution in [0.15, 0.2) is 0 Å². The highest BCUT2D eigenvalue weighted by Gasteiger charge is 2.15. The van der Waals surface area contributed by atoms with E-state index in [1.165, 1.54) is 12.8 Å². The molecule has 1 amide bonds. The summed E-state index contributed by atoms with van der Waals surface area (Å²) in [6.45, 7) is 16.6.